The Morgan fingerprint density at radius 2 is 1.32 bits per heavy atom. The summed E-state index contributed by atoms with van der Waals surface area (Å²) in [6.07, 6.45) is -0.0186. The van der Waals surface area contributed by atoms with E-state index in [0.717, 1.165) is 13.1 Å². The summed E-state index contributed by atoms with van der Waals surface area (Å²) in [4.78, 5) is 15.0. The number of benzene rings is 3. The van der Waals surface area contributed by atoms with Gasteiger partial charge in [0, 0.05) is 0 Å². The van der Waals surface area contributed by atoms with Crippen LogP contribution in [0.2, 0.25) is 0 Å². The van der Waals surface area contributed by atoms with Crippen LogP contribution in [0.15, 0.2) is 42.5 Å². The van der Waals surface area contributed by atoms with E-state index in [0.29, 0.717) is 11.3 Å². The molecule has 9 heteroatoms. The number of anilines is 2. The number of hydrogen-bond acceptors (Lipinski definition) is 5. The number of hydrogen-bond donors (Lipinski definition) is 0. The van der Waals surface area contributed by atoms with Crippen molar-refractivity contribution in [3.05, 3.63) is 98.2 Å². The predicted octanol–water partition coefficient (Wildman–Crippen LogP) is 8.44. The fourth-order valence-corrected chi connectivity index (χ4v) is 7.05. The summed E-state index contributed by atoms with van der Waals surface area (Å²) < 4.78 is 7.17. The normalized spacial score (nSPS) is 13.0. The molecule has 1 aliphatic rings. The Bertz CT molecular complexity index is 1310. The number of aryl methyl sites for hydroxylation is 6. The van der Waals surface area contributed by atoms with Gasteiger partial charge in [-0.1, -0.05) is 35.4 Å². The van der Waals surface area contributed by atoms with Gasteiger partial charge in [0.2, 0.25) is 0 Å². The number of non-ortho nitro benzene ring substituents is 1. The van der Waals surface area contributed by atoms with Gasteiger partial charge in [0.1, 0.15) is 0 Å². The fourth-order valence-electron chi connectivity index (χ4n) is 5.26. The molecule has 1 aliphatic heterocycles. The van der Waals surface area contributed by atoms with Crippen LogP contribution in [0.5, 0.6) is 5.75 Å². The SMILES string of the molecule is CC(C)Oc1ccc([N+](=O)[O-])cc1[CH]=[Ru]([Cl])[Cl].Cc1cc(C)c(N2[CH+]N(c3c(C)cc(C)cc3C)CC2)c(C)c1. The second-order valence-corrected chi connectivity index (χ2v) is 16.2. The standard InChI is InChI=1S/C21H27N2.C10H11NO3.2ClH.Ru/c1-14-9-16(3)20(17(4)10-14)22-7-8-23(13-22)21-18(5)11-15(2)12-19(21)6;1-7(2)14-10-5-4-9(11(12)13)6-8(10)3;;;/h9-13H,7-8H2,1-6H3;3-7H,1-2H3;2*1H;/q+1;;;;+2/p-2. The van der Waals surface area contributed by atoms with Gasteiger partial charge in [0.15, 0.2) is 0 Å². The molecule has 40 heavy (non-hydrogen) atoms. The molecule has 0 amide bonds. The first-order chi connectivity index (χ1) is 18.8. The smallest absolute Gasteiger partial charge is 0.188 e. The fraction of sp³-hybridized carbons (Fsp3) is 0.355. The van der Waals surface area contributed by atoms with Crippen LogP contribution in [0.1, 0.15) is 52.8 Å². The van der Waals surface area contributed by atoms with Crippen molar-refractivity contribution in [1.29, 1.82) is 0 Å². The number of nitrogens with zero attached hydrogens (tertiary/aromatic N) is 3. The van der Waals surface area contributed by atoms with E-state index in [1.807, 2.05) is 13.8 Å². The van der Waals surface area contributed by atoms with Crippen LogP contribution in [-0.4, -0.2) is 28.7 Å². The van der Waals surface area contributed by atoms with Gasteiger partial charge in [-0.25, -0.2) is 0 Å². The molecule has 1 saturated heterocycles. The molecule has 0 aliphatic carbocycles. The summed E-state index contributed by atoms with van der Waals surface area (Å²) in [6, 6.07) is 13.5. The van der Waals surface area contributed by atoms with Crippen molar-refractivity contribution >= 4 is 41.1 Å². The van der Waals surface area contributed by atoms with Crippen molar-refractivity contribution in [2.24, 2.45) is 0 Å². The van der Waals surface area contributed by atoms with Gasteiger partial charge < -0.3 is 0 Å². The molecule has 0 aromatic heterocycles. The molecule has 6 nitrogen and oxygen atoms in total. The van der Waals surface area contributed by atoms with Crippen LogP contribution in [0.3, 0.4) is 0 Å². The summed E-state index contributed by atoms with van der Waals surface area (Å²) >= 11 is -2.05. The van der Waals surface area contributed by atoms with Crippen LogP contribution >= 0.6 is 19.4 Å². The summed E-state index contributed by atoms with van der Waals surface area (Å²) in [7, 11) is 11.6. The summed E-state index contributed by atoms with van der Waals surface area (Å²) in [5.74, 6) is 0.561. The van der Waals surface area contributed by atoms with Gasteiger partial charge in [-0.15, -0.1) is 0 Å². The zero-order chi connectivity index (χ0) is 29.7. The minimum absolute atomic E-state index is 0.00360. The van der Waals surface area contributed by atoms with Crippen molar-refractivity contribution in [2.45, 2.75) is 61.5 Å². The summed E-state index contributed by atoms with van der Waals surface area (Å²) in [5, 5.41) is 10.7. The van der Waals surface area contributed by atoms with Crippen molar-refractivity contribution < 1.29 is 23.2 Å². The minimum atomic E-state index is -2.05. The minimum Gasteiger partial charge on any atom is -0.188 e. The molecule has 0 unspecified atom stereocenters. The molecule has 216 valence electrons. The van der Waals surface area contributed by atoms with Crippen molar-refractivity contribution in [1.82, 2.24) is 0 Å². The van der Waals surface area contributed by atoms with E-state index in [1.165, 1.54) is 56.9 Å². The summed E-state index contributed by atoms with van der Waals surface area (Å²) in [6.45, 7) is 21.3. The van der Waals surface area contributed by atoms with Gasteiger partial charge in [0.05, 0.1) is 24.5 Å². The zero-order valence-corrected chi connectivity index (χ0v) is 27.6. The van der Waals surface area contributed by atoms with Crippen LogP contribution in [-0.2, 0) is 13.5 Å². The van der Waals surface area contributed by atoms with Gasteiger partial charge >= 0.3 is 112 Å². The first kappa shape index (κ1) is 31.9. The summed E-state index contributed by atoms with van der Waals surface area (Å²) in [5.41, 5.74) is 11.4. The first-order valence-electron chi connectivity index (χ1n) is 13.1. The van der Waals surface area contributed by atoms with E-state index in [9.17, 15) is 10.1 Å². The number of rotatable bonds is 6. The van der Waals surface area contributed by atoms with Gasteiger partial charge in [-0.3, -0.25) is 0 Å². The molecule has 0 radical (unpaired) electrons. The van der Waals surface area contributed by atoms with E-state index in [4.69, 9.17) is 24.1 Å². The van der Waals surface area contributed by atoms with Crippen LogP contribution in [0.4, 0.5) is 17.1 Å². The molecule has 1 heterocycles. The van der Waals surface area contributed by atoms with E-state index in [-0.39, 0.29) is 11.8 Å². The Kier molecular flexibility index (Phi) is 11.1. The van der Waals surface area contributed by atoms with Crippen LogP contribution in [0, 0.1) is 58.3 Å². The second kappa shape index (κ2) is 13.8. The van der Waals surface area contributed by atoms with Gasteiger partial charge in [-0.05, 0) is 63.8 Å². The largest absolute Gasteiger partial charge is 0.295 e. The Labute approximate surface area is 251 Å². The van der Waals surface area contributed by atoms with Gasteiger partial charge in [0.25, 0.3) is 6.67 Å². The number of ether oxygens (including phenoxy) is 1. The number of halogens is 2. The molecular formula is C31H38Cl2N3O3Ru+. The Morgan fingerprint density at radius 1 is 0.875 bits per heavy atom. The van der Waals surface area contributed by atoms with Gasteiger partial charge in [-0.2, -0.15) is 9.80 Å². The molecule has 0 bridgehead atoms. The molecule has 3 aromatic rings. The average Bonchev–Trinajstić information content (AvgIpc) is 3.27. The second-order valence-electron chi connectivity index (χ2n) is 10.4. The molecule has 3 aromatic carbocycles. The molecular weight excluding hydrogens is 634 g/mol. The quantitative estimate of drug-likeness (QED) is 0.114. The Balaban J connectivity index is 0.000000232. The third kappa shape index (κ3) is 8.22. The van der Waals surface area contributed by atoms with Crippen molar-refractivity contribution in [2.75, 3.05) is 22.9 Å². The zero-order valence-electron chi connectivity index (χ0n) is 24.4. The monoisotopic (exact) mass is 672 g/mol. The molecule has 0 saturated carbocycles. The van der Waals surface area contributed by atoms with E-state index in [2.05, 4.69) is 82.3 Å². The maximum absolute atomic E-state index is 10.7. The third-order valence-corrected chi connectivity index (χ3v) is 8.29. The Hall–Kier alpha value is -2.60. The van der Waals surface area contributed by atoms with Crippen molar-refractivity contribution in [3.63, 3.8) is 0 Å². The number of nitro benzene ring substituents is 1. The molecule has 4 rings (SSSR count). The number of nitro groups is 1. The predicted molar refractivity (Wildman–Crippen MR) is 166 cm³/mol. The van der Waals surface area contributed by atoms with Crippen LogP contribution < -0.4 is 14.5 Å². The van der Waals surface area contributed by atoms with E-state index >= 15 is 0 Å². The average molecular weight is 673 g/mol. The maximum Gasteiger partial charge on any atom is 0.295 e. The topological polar surface area (TPSA) is 58.9 Å². The van der Waals surface area contributed by atoms with Crippen LogP contribution in [0.25, 0.3) is 0 Å². The van der Waals surface area contributed by atoms with Crippen molar-refractivity contribution in [3.8, 4) is 5.75 Å². The van der Waals surface area contributed by atoms with E-state index in [1.54, 1.807) is 10.7 Å². The molecule has 0 N–H and O–H groups in total. The molecule has 1 fully saturated rings. The first-order valence-corrected chi connectivity index (χ1v) is 18.6. The maximum atomic E-state index is 10.7. The third-order valence-electron chi connectivity index (χ3n) is 6.46. The molecule has 0 atom stereocenters. The Morgan fingerprint density at radius 3 is 1.70 bits per heavy atom. The molecule has 0 spiro atoms. The van der Waals surface area contributed by atoms with E-state index < -0.39 is 18.4 Å².